The summed E-state index contributed by atoms with van der Waals surface area (Å²) in [6.45, 7) is 1.85. The zero-order valence-electron chi connectivity index (χ0n) is 6.62. The molecule has 2 nitrogen and oxygen atoms in total. The van der Waals surface area contributed by atoms with E-state index in [0.717, 1.165) is 11.8 Å². The number of hydrogen-bond donors (Lipinski definition) is 1. The number of alkyl halides is 1. The van der Waals surface area contributed by atoms with Crippen molar-refractivity contribution in [3.8, 4) is 5.75 Å². The van der Waals surface area contributed by atoms with Crippen LogP contribution in [0.3, 0.4) is 0 Å². The zero-order chi connectivity index (χ0) is 9.14. The van der Waals surface area contributed by atoms with Crippen LogP contribution in [0.5, 0.6) is 5.75 Å². The van der Waals surface area contributed by atoms with Gasteiger partial charge in [-0.25, -0.2) is 0 Å². The van der Waals surface area contributed by atoms with Crippen molar-refractivity contribution < 1.29 is 9.90 Å². The second kappa shape index (κ2) is 3.72. The van der Waals surface area contributed by atoms with E-state index in [-0.39, 0.29) is 5.75 Å². The van der Waals surface area contributed by atoms with Crippen LogP contribution in [0.2, 0.25) is 0 Å². The molecule has 12 heavy (non-hydrogen) atoms. The van der Waals surface area contributed by atoms with Gasteiger partial charge < -0.3 is 9.90 Å². The zero-order valence-corrected chi connectivity index (χ0v) is 8.21. The summed E-state index contributed by atoms with van der Waals surface area (Å²) in [6.07, 6.45) is 0.752. The molecule has 1 aromatic rings. The number of halogens is 1. The normalized spacial score (nSPS) is 12.5. The minimum absolute atomic E-state index is 0.156. The molecule has 0 unspecified atom stereocenters. The number of carbonyl (C=O) groups excluding carboxylic acids is 1. The largest absolute Gasteiger partial charge is 0.508 e. The van der Waals surface area contributed by atoms with Crippen molar-refractivity contribution in [1.82, 2.24) is 0 Å². The summed E-state index contributed by atoms with van der Waals surface area (Å²) in [5.41, 5.74) is 1.55. The maximum atomic E-state index is 10.5. The van der Waals surface area contributed by atoms with Crippen LogP contribution in [0.4, 0.5) is 0 Å². The van der Waals surface area contributed by atoms with Gasteiger partial charge in [0.05, 0.1) is 4.83 Å². The molecule has 0 heterocycles. The lowest BCUT2D eigenvalue weighted by Gasteiger charge is -2.08. The Morgan fingerprint density at radius 2 is 2.25 bits per heavy atom. The van der Waals surface area contributed by atoms with Gasteiger partial charge in [0.15, 0.2) is 0 Å². The molecule has 0 saturated heterocycles. The highest BCUT2D eigenvalue weighted by atomic mass is 79.9. The lowest BCUT2D eigenvalue weighted by Crippen LogP contribution is -1.94. The van der Waals surface area contributed by atoms with E-state index in [9.17, 15) is 9.90 Å². The standard InChI is InChI=1S/C9H9BrO2/c1-6-3-2-4-8(12)9(6)7(10)5-11/h2-5,7,12H,1H3/t7-/m1/s1. The van der Waals surface area contributed by atoms with Crippen LogP contribution in [0, 0.1) is 6.92 Å². The Morgan fingerprint density at radius 1 is 1.58 bits per heavy atom. The third-order valence-electron chi connectivity index (χ3n) is 1.70. The van der Waals surface area contributed by atoms with Crippen molar-refractivity contribution in [2.75, 3.05) is 0 Å². The summed E-state index contributed by atoms with van der Waals surface area (Å²) < 4.78 is 0. The van der Waals surface area contributed by atoms with Crippen molar-refractivity contribution in [2.24, 2.45) is 0 Å². The Balaban J connectivity index is 3.20. The maximum Gasteiger partial charge on any atom is 0.138 e. The first-order valence-electron chi connectivity index (χ1n) is 3.54. The summed E-state index contributed by atoms with van der Waals surface area (Å²) in [5, 5.41) is 9.40. The molecule has 1 atom stereocenters. The number of phenolic OH excluding ortho intramolecular Hbond substituents is 1. The van der Waals surface area contributed by atoms with Crippen LogP contribution < -0.4 is 0 Å². The molecule has 0 spiro atoms. The van der Waals surface area contributed by atoms with E-state index in [0.29, 0.717) is 5.56 Å². The average molecular weight is 229 g/mol. The van der Waals surface area contributed by atoms with Gasteiger partial charge in [-0.15, -0.1) is 0 Å². The molecule has 0 fully saturated rings. The van der Waals surface area contributed by atoms with Crippen LogP contribution in [-0.4, -0.2) is 11.4 Å². The van der Waals surface area contributed by atoms with Crippen molar-refractivity contribution in [3.63, 3.8) is 0 Å². The minimum atomic E-state index is -0.418. The Morgan fingerprint density at radius 3 is 2.75 bits per heavy atom. The van der Waals surface area contributed by atoms with Gasteiger partial charge in [0, 0.05) is 5.56 Å². The molecule has 0 aromatic heterocycles. The molecule has 0 saturated carbocycles. The summed E-state index contributed by atoms with van der Waals surface area (Å²) in [6, 6.07) is 5.17. The lowest BCUT2D eigenvalue weighted by atomic mass is 10.1. The fourth-order valence-electron chi connectivity index (χ4n) is 1.09. The average Bonchev–Trinajstić information content (AvgIpc) is 2.03. The van der Waals surface area contributed by atoms with Gasteiger partial charge in [0.25, 0.3) is 0 Å². The smallest absolute Gasteiger partial charge is 0.138 e. The van der Waals surface area contributed by atoms with Crippen LogP contribution in [0.1, 0.15) is 16.0 Å². The Hall–Kier alpha value is -0.830. The molecule has 64 valence electrons. The SMILES string of the molecule is Cc1cccc(O)c1[C@H](Br)C=O. The quantitative estimate of drug-likeness (QED) is 0.624. The molecule has 0 aliphatic rings. The third-order valence-corrected chi connectivity index (χ3v) is 2.37. The number of rotatable bonds is 2. The van der Waals surface area contributed by atoms with Gasteiger partial charge in [-0.05, 0) is 18.6 Å². The second-order valence-electron chi connectivity index (χ2n) is 2.55. The van der Waals surface area contributed by atoms with E-state index in [4.69, 9.17) is 0 Å². The van der Waals surface area contributed by atoms with Gasteiger partial charge in [0.1, 0.15) is 12.0 Å². The van der Waals surface area contributed by atoms with Crippen LogP contribution >= 0.6 is 15.9 Å². The van der Waals surface area contributed by atoms with Crippen molar-refractivity contribution >= 4 is 22.2 Å². The van der Waals surface area contributed by atoms with E-state index in [1.807, 2.05) is 13.0 Å². The second-order valence-corrected chi connectivity index (χ2v) is 3.53. The van der Waals surface area contributed by atoms with Gasteiger partial charge in [-0.2, -0.15) is 0 Å². The molecule has 1 aromatic carbocycles. The maximum absolute atomic E-state index is 10.5. The van der Waals surface area contributed by atoms with Crippen LogP contribution in [0.15, 0.2) is 18.2 Å². The lowest BCUT2D eigenvalue weighted by molar-refractivity contribution is -0.107. The van der Waals surface area contributed by atoms with Gasteiger partial charge in [0.2, 0.25) is 0 Å². The Bertz CT molecular complexity index is 276. The van der Waals surface area contributed by atoms with Crippen molar-refractivity contribution in [1.29, 1.82) is 0 Å². The number of hydrogen-bond acceptors (Lipinski definition) is 2. The summed E-state index contributed by atoms with van der Waals surface area (Å²) >= 11 is 3.16. The number of phenols is 1. The van der Waals surface area contributed by atoms with Crippen molar-refractivity contribution in [3.05, 3.63) is 29.3 Å². The molecule has 0 bridgehead atoms. The summed E-state index contributed by atoms with van der Waals surface area (Å²) in [5.74, 6) is 0.156. The molecule has 0 aliphatic heterocycles. The monoisotopic (exact) mass is 228 g/mol. The predicted molar refractivity (Wildman–Crippen MR) is 50.6 cm³/mol. The molecule has 0 radical (unpaired) electrons. The fraction of sp³-hybridized carbons (Fsp3) is 0.222. The van der Waals surface area contributed by atoms with E-state index < -0.39 is 4.83 Å². The van der Waals surface area contributed by atoms with Crippen LogP contribution in [-0.2, 0) is 4.79 Å². The summed E-state index contributed by atoms with van der Waals surface area (Å²) in [7, 11) is 0. The minimum Gasteiger partial charge on any atom is -0.508 e. The molecular formula is C9H9BrO2. The first-order chi connectivity index (χ1) is 5.66. The molecule has 0 amide bonds. The topological polar surface area (TPSA) is 37.3 Å². The molecule has 3 heteroatoms. The van der Waals surface area contributed by atoms with E-state index in [2.05, 4.69) is 15.9 Å². The highest BCUT2D eigenvalue weighted by Crippen LogP contribution is 2.31. The van der Waals surface area contributed by atoms with Gasteiger partial charge in [-0.1, -0.05) is 28.1 Å². The first-order valence-corrected chi connectivity index (χ1v) is 4.46. The number of carbonyl (C=O) groups is 1. The molecule has 1 rings (SSSR count). The van der Waals surface area contributed by atoms with Crippen LogP contribution in [0.25, 0.3) is 0 Å². The number of aldehydes is 1. The Kier molecular flexibility index (Phi) is 2.87. The van der Waals surface area contributed by atoms with Crippen molar-refractivity contribution in [2.45, 2.75) is 11.8 Å². The van der Waals surface area contributed by atoms with Gasteiger partial charge >= 0.3 is 0 Å². The molecule has 1 N–H and O–H groups in total. The number of aromatic hydroxyl groups is 1. The Labute approximate surface area is 79.3 Å². The predicted octanol–water partition coefficient (Wildman–Crippen LogP) is 2.34. The summed E-state index contributed by atoms with van der Waals surface area (Å²) in [4.78, 5) is 10.0. The first kappa shape index (κ1) is 9.26. The number of aryl methyl sites for hydroxylation is 1. The third kappa shape index (κ3) is 1.67. The fourth-order valence-corrected chi connectivity index (χ4v) is 1.69. The van der Waals surface area contributed by atoms with Gasteiger partial charge in [-0.3, -0.25) is 0 Å². The van der Waals surface area contributed by atoms with E-state index in [1.165, 1.54) is 0 Å². The molecule has 0 aliphatic carbocycles. The number of benzene rings is 1. The highest BCUT2D eigenvalue weighted by molar-refractivity contribution is 9.09. The highest BCUT2D eigenvalue weighted by Gasteiger charge is 2.12. The van der Waals surface area contributed by atoms with E-state index >= 15 is 0 Å². The molecular weight excluding hydrogens is 220 g/mol. The van der Waals surface area contributed by atoms with E-state index in [1.54, 1.807) is 12.1 Å².